The van der Waals surface area contributed by atoms with E-state index in [1.54, 1.807) is 17.1 Å². The van der Waals surface area contributed by atoms with Crippen molar-refractivity contribution in [1.82, 2.24) is 10.4 Å². The number of phenolic OH excluding ortho intramolecular Hbond substituents is 1. The minimum absolute atomic E-state index is 0.281. The fourth-order valence-electron chi connectivity index (χ4n) is 0.946. The number of nitrogens with one attached hydrogen (secondary N) is 1. The molecule has 0 fully saturated rings. The fraction of sp³-hybridized carbons (Fsp3) is 0.333. The second-order valence-electron chi connectivity index (χ2n) is 2.98. The highest BCUT2D eigenvalue weighted by molar-refractivity contribution is 5.33. The number of hydrazine groups is 1. The number of hydrogen-bond acceptors (Lipinski definition) is 3. The van der Waals surface area contributed by atoms with Crippen LogP contribution in [0.5, 0.6) is 5.75 Å². The molecule has 0 atom stereocenters. The van der Waals surface area contributed by atoms with Gasteiger partial charge in [-0.15, -0.1) is 0 Å². The van der Waals surface area contributed by atoms with Gasteiger partial charge in [0, 0.05) is 26.2 Å². The summed E-state index contributed by atoms with van der Waals surface area (Å²) in [7, 11) is 3.66. The molecule has 0 unspecified atom stereocenters. The lowest BCUT2D eigenvalue weighted by Gasteiger charge is -2.12. The molecule has 0 radical (unpaired) electrons. The summed E-state index contributed by atoms with van der Waals surface area (Å²) in [6, 6.07) is 4.48. The number of para-hydroxylation sites is 1. The third kappa shape index (κ3) is 2.68. The Bertz CT molecular complexity index is 289. The maximum atomic E-state index is 12.8. The van der Waals surface area contributed by atoms with Crippen LogP contribution in [0.25, 0.3) is 0 Å². The summed E-state index contributed by atoms with van der Waals surface area (Å²) < 4.78 is 12.8. The normalized spacial score (nSPS) is 10.8. The number of halogens is 1. The van der Waals surface area contributed by atoms with Gasteiger partial charge in [0.2, 0.25) is 0 Å². The number of phenols is 1. The van der Waals surface area contributed by atoms with E-state index in [2.05, 4.69) is 5.43 Å². The van der Waals surface area contributed by atoms with E-state index in [1.165, 1.54) is 6.07 Å². The summed E-state index contributed by atoms with van der Waals surface area (Å²) in [6.45, 7) is 0.413. The molecule has 1 aromatic carbocycles. The molecule has 0 aliphatic rings. The van der Waals surface area contributed by atoms with Crippen LogP contribution in [0.2, 0.25) is 0 Å². The van der Waals surface area contributed by atoms with Gasteiger partial charge in [0.05, 0.1) is 0 Å². The molecule has 2 N–H and O–H groups in total. The largest absolute Gasteiger partial charge is 0.505 e. The average Bonchev–Trinajstić information content (AvgIpc) is 2.07. The zero-order valence-electron chi connectivity index (χ0n) is 7.71. The molecular weight excluding hydrogens is 171 g/mol. The predicted octanol–water partition coefficient (Wildman–Crippen LogP) is 1.10. The van der Waals surface area contributed by atoms with Gasteiger partial charge in [-0.2, -0.15) is 0 Å². The van der Waals surface area contributed by atoms with E-state index >= 15 is 0 Å². The first-order valence-corrected chi connectivity index (χ1v) is 3.98. The Hall–Kier alpha value is -1.13. The molecule has 3 nitrogen and oxygen atoms in total. The lowest BCUT2D eigenvalue weighted by molar-refractivity contribution is 0.282. The maximum absolute atomic E-state index is 12.8. The minimum atomic E-state index is -0.585. The third-order valence-electron chi connectivity index (χ3n) is 1.66. The first-order chi connectivity index (χ1) is 6.11. The molecule has 1 rings (SSSR count). The molecule has 0 spiro atoms. The highest BCUT2D eigenvalue weighted by atomic mass is 19.1. The zero-order valence-corrected chi connectivity index (χ0v) is 7.71. The van der Waals surface area contributed by atoms with Gasteiger partial charge in [-0.25, -0.2) is 4.39 Å². The first kappa shape index (κ1) is 9.95. The van der Waals surface area contributed by atoms with Gasteiger partial charge in [0.15, 0.2) is 11.6 Å². The number of rotatable bonds is 3. The van der Waals surface area contributed by atoms with E-state index in [0.717, 1.165) is 0 Å². The second-order valence-corrected chi connectivity index (χ2v) is 2.98. The highest BCUT2D eigenvalue weighted by Gasteiger charge is 2.05. The summed E-state index contributed by atoms with van der Waals surface area (Å²) >= 11 is 0. The van der Waals surface area contributed by atoms with E-state index in [9.17, 15) is 9.50 Å². The summed E-state index contributed by atoms with van der Waals surface area (Å²) in [4.78, 5) is 0. The molecule has 0 amide bonds. The van der Waals surface area contributed by atoms with Gasteiger partial charge < -0.3 is 5.11 Å². The molecule has 0 saturated carbocycles. The van der Waals surface area contributed by atoms with Gasteiger partial charge in [-0.05, 0) is 6.07 Å². The molecule has 4 heteroatoms. The Morgan fingerprint density at radius 3 is 2.77 bits per heavy atom. The van der Waals surface area contributed by atoms with E-state index < -0.39 is 5.82 Å². The van der Waals surface area contributed by atoms with Crippen molar-refractivity contribution in [1.29, 1.82) is 0 Å². The lowest BCUT2D eigenvalue weighted by Crippen LogP contribution is -2.29. The van der Waals surface area contributed by atoms with Crippen LogP contribution in [0, 0.1) is 5.82 Å². The Labute approximate surface area is 76.8 Å². The molecule has 0 aliphatic carbocycles. The molecule has 0 saturated heterocycles. The first-order valence-electron chi connectivity index (χ1n) is 3.98. The summed E-state index contributed by atoms with van der Waals surface area (Å²) in [5.41, 5.74) is 3.49. The highest BCUT2D eigenvalue weighted by Crippen LogP contribution is 2.19. The minimum Gasteiger partial charge on any atom is -0.505 e. The number of benzene rings is 1. The summed E-state index contributed by atoms with van der Waals surface area (Å²) in [5.74, 6) is -0.866. The molecular formula is C9H13FN2O. The average molecular weight is 184 g/mol. The topological polar surface area (TPSA) is 35.5 Å². The number of nitrogens with zero attached hydrogens (tertiary/aromatic N) is 1. The van der Waals surface area contributed by atoms with Crippen LogP contribution in [0.1, 0.15) is 5.56 Å². The van der Waals surface area contributed by atoms with E-state index in [1.807, 2.05) is 14.1 Å². The molecule has 0 aromatic heterocycles. The van der Waals surface area contributed by atoms with Gasteiger partial charge >= 0.3 is 0 Å². The Morgan fingerprint density at radius 1 is 1.46 bits per heavy atom. The predicted molar refractivity (Wildman–Crippen MR) is 48.6 cm³/mol. The number of aromatic hydroxyl groups is 1. The Balaban J connectivity index is 2.71. The van der Waals surface area contributed by atoms with Crippen LogP contribution < -0.4 is 5.43 Å². The molecule has 13 heavy (non-hydrogen) atoms. The van der Waals surface area contributed by atoms with Crippen LogP contribution in [0.15, 0.2) is 18.2 Å². The van der Waals surface area contributed by atoms with Crippen LogP contribution in [0.3, 0.4) is 0 Å². The van der Waals surface area contributed by atoms with Crippen LogP contribution in [-0.2, 0) is 6.54 Å². The lowest BCUT2D eigenvalue weighted by atomic mass is 10.2. The van der Waals surface area contributed by atoms with Crippen molar-refractivity contribution in [3.63, 3.8) is 0 Å². The Morgan fingerprint density at radius 2 is 2.15 bits per heavy atom. The van der Waals surface area contributed by atoms with Crippen molar-refractivity contribution in [3.05, 3.63) is 29.6 Å². The molecule has 0 aliphatic heterocycles. The standard InChI is InChI=1S/C9H13FN2O/c1-12(2)11-6-7-4-3-5-8(10)9(7)13/h3-5,11,13H,6H2,1-2H3. The van der Waals surface area contributed by atoms with Gasteiger partial charge in [0.25, 0.3) is 0 Å². The van der Waals surface area contributed by atoms with E-state index in [4.69, 9.17) is 0 Å². The SMILES string of the molecule is CN(C)NCc1cccc(F)c1O. The van der Waals surface area contributed by atoms with Crippen molar-refractivity contribution < 1.29 is 9.50 Å². The van der Waals surface area contributed by atoms with E-state index in [-0.39, 0.29) is 5.75 Å². The van der Waals surface area contributed by atoms with Gasteiger partial charge in [-0.1, -0.05) is 12.1 Å². The van der Waals surface area contributed by atoms with Gasteiger partial charge in [-0.3, -0.25) is 10.4 Å². The summed E-state index contributed by atoms with van der Waals surface area (Å²) in [6.07, 6.45) is 0. The van der Waals surface area contributed by atoms with Crippen molar-refractivity contribution in [3.8, 4) is 5.75 Å². The molecule has 1 aromatic rings. The monoisotopic (exact) mass is 184 g/mol. The third-order valence-corrected chi connectivity index (χ3v) is 1.66. The van der Waals surface area contributed by atoms with Crippen molar-refractivity contribution in [2.24, 2.45) is 0 Å². The van der Waals surface area contributed by atoms with E-state index in [0.29, 0.717) is 12.1 Å². The van der Waals surface area contributed by atoms with Crippen LogP contribution in [-0.4, -0.2) is 24.2 Å². The van der Waals surface area contributed by atoms with Crippen LogP contribution >= 0.6 is 0 Å². The molecule has 72 valence electrons. The fourth-order valence-corrected chi connectivity index (χ4v) is 0.946. The number of hydrogen-bond donors (Lipinski definition) is 2. The molecule has 0 bridgehead atoms. The zero-order chi connectivity index (χ0) is 9.84. The van der Waals surface area contributed by atoms with Crippen molar-refractivity contribution in [2.45, 2.75) is 6.54 Å². The maximum Gasteiger partial charge on any atom is 0.165 e. The van der Waals surface area contributed by atoms with Crippen molar-refractivity contribution in [2.75, 3.05) is 14.1 Å². The molecule has 0 heterocycles. The second kappa shape index (κ2) is 4.20. The van der Waals surface area contributed by atoms with Crippen molar-refractivity contribution >= 4 is 0 Å². The van der Waals surface area contributed by atoms with Gasteiger partial charge in [0.1, 0.15) is 0 Å². The quantitative estimate of drug-likeness (QED) is 0.690. The van der Waals surface area contributed by atoms with Crippen LogP contribution in [0.4, 0.5) is 4.39 Å². The smallest absolute Gasteiger partial charge is 0.165 e. The summed E-state index contributed by atoms with van der Waals surface area (Å²) in [5, 5.41) is 11.0. The Kier molecular flexibility index (Phi) is 3.22.